The molecule has 2 rings (SSSR count). The molecule has 0 saturated heterocycles. The Bertz CT molecular complexity index is 614. The quantitative estimate of drug-likeness (QED) is 0.869. The molecule has 0 atom stereocenters. The van der Waals surface area contributed by atoms with Gasteiger partial charge in [-0.15, -0.1) is 0 Å². The van der Waals surface area contributed by atoms with E-state index in [1.54, 1.807) is 6.92 Å². The number of benzene rings is 1. The average Bonchev–Trinajstić information content (AvgIpc) is 2.44. The lowest BCUT2D eigenvalue weighted by molar-refractivity contribution is 0.0527. The number of esters is 1. The lowest BCUT2D eigenvalue weighted by Crippen LogP contribution is -2.09. The van der Waals surface area contributed by atoms with Gasteiger partial charge in [-0.2, -0.15) is 0 Å². The van der Waals surface area contributed by atoms with Gasteiger partial charge in [-0.05, 0) is 37.3 Å². The molecule has 0 aliphatic heterocycles. The summed E-state index contributed by atoms with van der Waals surface area (Å²) in [5, 5.41) is 0. The van der Waals surface area contributed by atoms with Crippen molar-refractivity contribution in [2.24, 2.45) is 0 Å². The summed E-state index contributed by atoms with van der Waals surface area (Å²) < 4.78 is 23.1. The summed E-state index contributed by atoms with van der Waals surface area (Å²) in [4.78, 5) is 15.6. The monoisotopic (exact) mass is 276 g/mol. The van der Waals surface area contributed by atoms with Crippen LogP contribution in [0.5, 0.6) is 11.6 Å². The van der Waals surface area contributed by atoms with Crippen molar-refractivity contribution in [3.05, 3.63) is 47.9 Å². The fourth-order valence-corrected chi connectivity index (χ4v) is 1.54. The molecule has 0 spiro atoms. The van der Waals surface area contributed by atoms with Crippen LogP contribution in [0.15, 0.2) is 36.5 Å². The lowest BCUT2D eigenvalue weighted by atomic mass is 10.2. The van der Waals surface area contributed by atoms with Gasteiger partial charge in [0.05, 0.1) is 12.2 Å². The molecule has 5 nitrogen and oxygen atoms in total. The lowest BCUT2D eigenvalue weighted by Gasteiger charge is -2.10. The molecule has 6 heteroatoms. The number of ether oxygens (including phenoxy) is 2. The third-order valence-corrected chi connectivity index (χ3v) is 2.48. The molecule has 0 amide bonds. The van der Waals surface area contributed by atoms with Gasteiger partial charge in [-0.1, -0.05) is 0 Å². The van der Waals surface area contributed by atoms with Crippen LogP contribution in [0.25, 0.3) is 0 Å². The van der Waals surface area contributed by atoms with Gasteiger partial charge in [-0.25, -0.2) is 14.2 Å². The van der Waals surface area contributed by atoms with Crippen LogP contribution >= 0.6 is 0 Å². The number of carbonyl (C=O) groups excluding carboxylic acids is 1. The molecule has 20 heavy (non-hydrogen) atoms. The van der Waals surface area contributed by atoms with Crippen LogP contribution in [0.2, 0.25) is 0 Å². The zero-order valence-electron chi connectivity index (χ0n) is 10.8. The van der Waals surface area contributed by atoms with E-state index in [0.717, 1.165) is 0 Å². The Morgan fingerprint density at radius 1 is 1.30 bits per heavy atom. The van der Waals surface area contributed by atoms with Crippen molar-refractivity contribution in [3.63, 3.8) is 0 Å². The minimum Gasteiger partial charge on any atom is -0.462 e. The Labute approximate surface area is 115 Å². The molecule has 0 aliphatic carbocycles. The third-order valence-electron chi connectivity index (χ3n) is 2.48. The van der Waals surface area contributed by atoms with Gasteiger partial charge in [-0.3, -0.25) is 0 Å². The molecule has 2 aromatic rings. The largest absolute Gasteiger partial charge is 0.462 e. The second-order valence-corrected chi connectivity index (χ2v) is 3.85. The molecule has 1 aromatic carbocycles. The molecule has 0 saturated carbocycles. The van der Waals surface area contributed by atoms with Crippen LogP contribution in [0, 0.1) is 5.82 Å². The number of carbonyl (C=O) groups is 1. The minimum atomic E-state index is -0.545. The minimum absolute atomic E-state index is 0.0714. The summed E-state index contributed by atoms with van der Waals surface area (Å²) >= 11 is 0. The molecule has 0 unspecified atom stereocenters. The topological polar surface area (TPSA) is 74.4 Å². The van der Waals surface area contributed by atoms with Gasteiger partial charge in [0.25, 0.3) is 0 Å². The number of rotatable bonds is 4. The SMILES string of the molecule is CCOC(=O)c1ccnc(Oc2ccc(F)cc2)c1N. The number of pyridine rings is 1. The van der Waals surface area contributed by atoms with E-state index in [9.17, 15) is 9.18 Å². The second-order valence-electron chi connectivity index (χ2n) is 3.85. The Kier molecular flexibility index (Phi) is 4.14. The van der Waals surface area contributed by atoms with Crippen LogP contribution < -0.4 is 10.5 Å². The van der Waals surface area contributed by atoms with Crippen LogP contribution in [0.3, 0.4) is 0 Å². The number of hydrogen-bond donors (Lipinski definition) is 1. The molecule has 1 heterocycles. The highest BCUT2D eigenvalue weighted by molar-refractivity contribution is 5.96. The van der Waals surface area contributed by atoms with E-state index in [2.05, 4.69) is 4.98 Å². The van der Waals surface area contributed by atoms with Crippen molar-refractivity contribution < 1.29 is 18.7 Å². The number of nitrogens with zero attached hydrogens (tertiary/aromatic N) is 1. The van der Waals surface area contributed by atoms with E-state index < -0.39 is 5.97 Å². The van der Waals surface area contributed by atoms with E-state index >= 15 is 0 Å². The second kappa shape index (κ2) is 6.01. The zero-order chi connectivity index (χ0) is 14.5. The standard InChI is InChI=1S/C14H13FN2O3/c1-2-19-14(18)11-7-8-17-13(12(11)16)20-10-5-3-9(15)4-6-10/h3-8H,2,16H2,1H3. The summed E-state index contributed by atoms with van der Waals surface area (Å²) in [6.07, 6.45) is 1.39. The van der Waals surface area contributed by atoms with E-state index in [0.29, 0.717) is 5.75 Å². The van der Waals surface area contributed by atoms with Crippen molar-refractivity contribution in [2.75, 3.05) is 12.3 Å². The Hall–Kier alpha value is -2.63. The number of nitrogens with two attached hydrogens (primary N) is 1. The van der Waals surface area contributed by atoms with Gasteiger partial charge in [0.2, 0.25) is 5.88 Å². The fourth-order valence-electron chi connectivity index (χ4n) is 1.54. The molecule has 2 N–H and O–H groups in total. The molecular weight excluding hydrogens is 263 g/mol. The van der Waals surface area contributed by atoms with E-state index in [-0.39, 0.29) is 29.6 Å². The van der Waals surface area contributed by atoms with Crippen molar-refractivity contribution in [2.45, 2.75) is 6.92 Å². The Morgan fingerprint density at radius 2 is 2.00 bits per heavy atom. The first-order valence-electron chi connectivity index (χ1n) is 5.97. The van der Waals surface area contributed by atoms with Gasteiger partial charge in [0.1, 0.15) is 17.3 Å². The number of anilines is 1. The summed E-state index contributed by atoms with van der Waals surface area (Å²) in [5.74, 6) is -0.483. The summed E-state index contributed by atoms with van der Waals surface area (Å²) in [5.41, 5.74) is 6.09. The zero-order valence-corrected chi connectivity index (χ0v) is 10.8. The fraction of sp³-hybridized carbons (Fsp3) is 0.143. The first-order chi connectivity index (χ1) is 9.61. The van der Waals surface area contributed by atoms with E-state index in [1.807, 2.05) is 0 Å². The van der Waals surface area contributed by atoms with Gasteiger partial charge < -0.3 is 15.2 Å². The molecule has 0 bridgehead atoms. The number of hydrogen-bond acceptors (Lipinski definition) is 5. The molecule has 1 aromatic heterocycles. The molecule has 0 fully saturated rings. The highest BCUT2D eigenvalue weighted by atomic mass is 19.1. The highest BCUT2D eigenvalue weighted by Gasteiger charge is 2.15. The maximum Gasteiger partial charge on any atom is 0.340 e. The number of aromatic nitrogens is 1. The van der Waals surface area contributed by atoms with Gasteiger partial charge in [0.15, 0.2) is 0 Å². The first-order valence-corrected chi connectivity index (χ1v) is 5.97. The summed E-state index contributed by atoms with van der Waals surface area (Å²) in [6.45, 7) is 1.94. The summed E-state index contributed by atoms with van der Waals surface area (Å²) in [6, 6.07) is 6.83. The first kappa shape index (κ1) is 13.8. The predicted molar refractivity (Wildman–Crippen MR) is 71.1 cm³/mol. The third kappa shape index (κ3) is 3.03. The van der Waals surface area contributed by atoms with Gasteiger partial charge in [0, 0.05) is 6.20 Å². The Morgan fingerprint density at radius 3 is 2.65 bits per heavy atom. The normalized spacial score (nSPS) is 10.1. The predicted octanol–water partition coefficient (Wildman–Crippen LogP) is 2.77. The maximum atomic E-state index is 12.8. The highest BCUT2D eigenvalue weighted by Crippen LogP contribution is 2.28. The van der Waals surface area contributed by atoms with Crippen molar-refractivity contribution in [3.8, 4) is 11.6 Å². The molecular formula is C14H13FN2O3. The molecule has 104 valence electrons. The number of halogens is 1. The number of nitrogen functional groups attached to an aromatic ring is 1. The van der Waals surface area contributed by atoms with Crippen molar-refractivity contribution in [1.29, 1.82) is 0 Å². The van der Waals surface area contributed by atoms with E-state index in [1.165, 1.54) is 36.5 Å². The van der Waals surface area contributed by atoms with Crippen molar-refractivity contribution >= 4 is 11.7 Å². The molecule has 0 radical (unpaired) electrons. The van der Waals surface area contributed by atoms with E-state index in [4.69, 9.17) is 15.2 Å². The van der Waals surface area contributed by atoms with Gasteiger partial charge >= 0.3 is 5.97 Å². The average molecular weight is 276 g/mol. The summed E-state index contributed by atoms with van der Waals surface area (Å²) in [7, 11) is 0. The van der Waals surface area contributed by atoms with Crippen LogP contribution in [0.4, 0.5) is 10.1 Å². The van der Waals surface area contributed by atoms with Crippen LogP contribution in [-0.2, 0) is 4.74 Å². The van der Waals surface area contributed by atoms with Crippen molar-refractivity contribution in [1.82, 2.24) is 4.98 Å². The van der Waals surface area contributed by atoms with Crippen LogP contribution in [-0.4, -0.2) is 17.6 Å². The van der Waals surface area contributed by atoms with Crippen LogP contribution in [0.1, 0.15) is 17.3 Å². The Balaban J connectivity index is 2.26. The maximum absolute atomic E-state index is 12.8. The smallest absolute Gasteiger partial charge is 0.340 e. The molecule has 0 aliphatic rings.